The first kappa shape index (κ1) is 12.9. The highest BCUT2D eigenvalue weighted by atomic mass is 16.5. The minimum absolute atomic E-state index is 0.0927. The van der Waals surface area contributed by atoms with Crippen LogP contribution in [0.3, 0.4) is 0 Å². The quantitative estimate of drug-likeness (QED) is 0.853. The van der Waals surface area contributed by atoms with Crippen LogP contribution in [-0.2, 0) is 4.74 Å². The molecule has 0 atom stereocenters. The summed E-state index contributed by atoms with van der Waals surface area (Å²) in [5.41, 5.74) is 2.29. The van der Waals surface area contributed by atoms with Gasteiger partial charge < -0.3 is 15.2 Å². The molecule has 1 aromatic rings. The van der Waals surface area contributed by atoms with Gasteiger partial charge in [-0.2, -0.15) is 5.26 Å². The third kappa shape index (κ3) is 2.63. The number of nitriles is 1. The Bertz CT molecular complexity index is 459. The van der Waals surface area contributed by atoms with E-state index >= 15 is 0 Å². The molecule has 0 bridgehead atoms. The van der Waals surface area contributed by atoms with E-state index in [0.29, 0.717) is 18.8 Å². The van der Waals surface area contributed by atoms with E-state index in [-0.39, 0.29) is 12.1 Å². The van der Waals surface area contributed by atoms with Gasteiger partial charge in [0.1, 0.15) is 0 Å². The molecule has 1 heterocycles. The topological polar surface area (TPSA) is 65.3 Å². The second-order valence-electron chi connectivity index (χ2n) is 4.82. The van der Waals surface area contributed by atoms with E-state index in [4.69, 9.17) is 10.00 Å². The van der Waals surface area contributed by atoms with Crippen molar-refractivity contribution in [1.82, 2.24) is 0 Å². The van der Waals surface area contributed by atoms with Crippen LogP contribution in [0.2, 0.25) is 0 Å². The summed E-state index contributed by atoms with van der Waals surface area (Å²) in [7, 11) is 0. The highest BCUT2D eigenvalue weighted by Gasteiger charge is 2.31. The molecule has 0 aliphatic carbocycles. The van der Waals surface area contributed by atoms with Crippen molar-refractivity contribution in [3.05, 3.63) is 29.3 Å². The third-order valence-electron chi connectivity index (χ3n) is 3.51. The highest BCUT2D eigenvalue weighted by molar-refractivity contribution is 5.53. The van der Waals surface area contributed by atoms with Gasteiger partial charge in [-0.05, 0) is 43.5 Å². The van der Waals surface area contributed by atoms with E-state index in [2.05, 4.69) is 11.4 Å². The fourth-order valence-electron chi connectivity index (χ4n) is 2.26. The molecule has 0 amide bonds. The fraction of sp³-hybridized carbons (Fsp3) is 0.500. The maximum Gasteiger partial charge on any atom is 0.0994 e. The van der Waals surface area contributed by atoms with Gasteiger partial charge in [0, 0.05) is 18.9 Å². The predicted octanol–water partition coefficient (Wildman–Crippen LogP) is 1.82. The molecule has 4 heteroatoms. The summed E-state index contributed by atoms with van der Waals surface area (Å²) in [6.07, 6.45) is 1.59. The number of aliphatic hydroxyl groups excluding tert-OH is 1. The number of benzene rings is 1. The number of aliphatic hydroxyl groups is 1. The van der Waals surface area contributed by atoms with Crippen LogP contribution < -0.4 is 5.32 Å². The number of ether oxygens (including phenoxy) is 1. The summed E-state index contributed by atoms with van der Waals surface area (Å²) in [5, 5.41) is 21.9. The van der Waals surface area contributed by atoms with Crippen LogP contribution in [-0.4, -0.2) is 30.5 Å². The molecule has 0 saturated carbocycles. The molecule has 2 N–H and O–H groups in total. The molecule has 0 radical (unpaired) electrons. The largest absolute Gasteiger partial charge is 0.394 e. The number of hydrogen-bond acceptors (Lipinski definition) is 4. The molecule has 1 aromatic carbocycles. The van der Waals surface area contributed by atoms with Gasteiger partial charge in [-0.3, -0.25) is 0 Å². The van der Waals surface area contributed by atoms with Gasteiger partial charge >= 0.3 is 0 Å². The number of aryl methyl sites for hydroxylation is 1. The lowest BCUT2D eigenvalue weighted by Gasteiger charge is -2.37. The SMILES string of the molecule is Cc1cc(NC2(CO)CCOCC2)ccc1C#N. The lowest BCUT2D eigenvalue weighted by molar-refractivity contribution is 0.0380. The van der Waals surface area contributed by atoms with Gasteiger partial charge in [0.2, 0.25) is 0 Å². The zero-order valence-electron chi connectivity index (χ0n) is 10.6. The first-order valence-corrected chi connectivity index (χ1v) is 6.17. The highest BCUT2D eigenvalue weighted by Crippen LogP contribution is 2.26. The van der Waals surface area contributed by atoms with Gasteiger partial charge in [-0.1, -0.05) is 0 Å². The van der Waals surface area contributed by atoms with Crippen LogP contribution >= 0.6 is 0 Å². The number of anilines is 1. The molecule has 1 aliphatic heterocycles. The molecule has 0 unspecified atom stereocenters. The van der Waals surface area contributed by atoms with Crippen molar-refractivity contribution < 1.29 is 9.84 Å². The molecule has 0 aromatic heterocycles. The zero-order chi connectivity index (χ0) is 13.0. The Kier molecular flexibility index (Phi) is 3.85. The summed E-state index contributed by atoms with van der Waals surface area (Å²) in [6, 6.07) is 7.80. The zero-order valence-corrected chi connectivity index (χ0v) is 10.6. The van der Waals surface area contributed by atoms with Crippen LogP contribution in [0.4, 0.5) is 5.69 Å². The smallest absolute Gasteiger partial charge is 0.0994 e. The molecule has 0 spiro atoms. The molecular weight excluding hydrogens is 228 g/mol. The Hall–Kier alpha value is -1.57. The second-order valence-corrected chi connectivity index (χ2v) is 4.82. The lowest BCUT2D eigenvalue weighted by Crippen LogP contribution is -2.46. The van der Waals surface area contributed by atoms with Crippen LogP contribution in [0.1, 0.15) is 24.0 Å². The van der Waals surface area contributed by atoms with Crippen molar-refractivity contribution in [3.8, 4) is 6.07 Å². The normalized spacial score (nSPS) is 18.1. The summed E-state index contributed by atoms with van der Waals surface area (Å²) in [4.78, 5) is 0. The van der Waals surface area contributed by atoms with Crippen molar-refractivity contribution in [2.24, 2.45) is 0 Å². The van der Waals surface area contributed by atoms with Crippen molar-refractivity contribution in [2.45, 2.75) is 25.3 Å². The van der Waals surface area contributed by atoms with Gasteiger partial charge in [0.15, 0.2) is 0 Å². The fourth-order valence-corrected chi connectivity index (χ4v) is 2.26. The first-order valence-electron chi connectivity index (χ1n) is 6.17. The standard InChI is InChI=1S/C14H18N2O2/c1-11-8-13(3-2-12(11)9-15)16-14(10-17)4-6-18-7-5-14/h2-3,8,16-17H,4-7,10H2,1H3. The number of rotatable bonds is 3. The van der Waals surface area contributed by atoms with Crippen LogP contribution in [0.15, 0.2) is 18.2 Å². The minimum atomic E-state index is -0.293. The Morgan fingerprint density at radius 3 is 2.72 bits per heavy atom. The van der Waals surface area contributed by atoms with Crippen molar-refractivity contribution in [3.63, 3.8) is 0 Å². The van der Waals surface area contributed by atoms with Gasteiger partial charge in [-0.15, -0.1) is 0 Å². The lowest BCUT2D eigenvalue weighted by atomic mass is 9.90. The van der Waals surface area contributed by atoms with Gasteiger partial charge in [0.05, 0.1) is 23.8 Å². The Morgan fingerprint density at radius 2 is 2.17 bits per heavy atom. The maximum absolute atomic E-state index is 9.60. The van der Waals surface area contributed by atoms with E-state index in [9.17, 15) is 5.11 Å². The predicted molar refractivity (Wildman–Crippen MR) is 69.4 cm³/mol. The van der Waals surface area contributed by atoms with E-state index in [1.54, 1.807) is 0 Å². The number of nitrogens with one attached hydrogen (secondary N) is 1. The second kappa shape index (κ2) is 5.38. The average Bonchev–Trinajstić information content (AvgIpc) is 2.40. The molecule has 1 aliphatic rings. The number of hydrogen-bond donors (Lipinski definition) is 2. The molecule has 1 saturated heterocycles. The number of nitrogens with zero attached hydrogens (tertiary/aromatic N) is 1. The van der Waals surface area contributed by atoms with Crippen molar-refractivity contribution in [1.29, 1.82) is 5.26 Å². The molecule has 18 heavy (non-hydrogen) atoms. The monoisotopic (exact) mass is 246 g/mol. The van der Waals surface area contributed by atoms with E-state index in [1.165, 1.54) is 0 Å². The molecule has 96 valence electrons. The van der Waals surface area contributed by atoms with E-state index in [0.717, 1.165) is 24.1 Å². The Labute approximate surface area is 107 Å². The Morgan fingerprint density at radius 1 is 1.44 bits per heavy atom. The molecule has 4 nitrogen and oxygen atoms in total. The summed E-state index contributed by atoms with van der Waals surface area (Å²) >= 11 is 0. The van der Waals surface area contributed by atoms with Gasteiger partial charge in [0.25, 0.3) is 0 Å². The average molecular weight is 246 g/mol. The van der Waals surface area contributed by atoms with Crippen LogP contribution in [0, 0.1) is 18.3 Å². The first-order chi connectivity index (χ1) is 8.69. The molecule has 1 fully saturated rings. The Balaban J connectivity index is 2.17. The van der Waals surface area contributed by atoms with Crippen molar-refractivity contribution >= 4 is 5.69 Å². The summed E-state index contributed by atoms with van der Waals surface area (Å²) in [5.74, 6) is 0. The van der Waals surface area contributed by atoms with E-state index in [1.807, 2.05) is 25.1 Å². The minimum Gasteiger partial charge on any atom is -0.394 e. The van der Waals surface area contributed by atoms with Gasteiger partial charge in [-0.25, -0.2) is 0 Å². The maximum atomic E-state index is 9.60. The molecular formula is C14H18N2O2. The van der Waals surface area contributed by atoms with Crippen LogP contribution in [0.25, 0.3) is 0 Å². The summed E-state index contributed by atoms with van der Waals surface area (Å²) in [6.45, 7) is 3.35. The third-order valence-corrected chi connectivity index (χ3v) is 3.51. The molecule has 2 rings (SSSR count). The summed E-state index contributed by atoms with van der Waals surface area (Å²) < 4.78 is 5.33. The van der Waals surface area contributed by atoms with Crippen LogP contribution in [0.5, 0.6) is 0 Å². The van der Waals surface area contributed by atoms with E-state index < -0.39 is 0 Å². The van der Waals surface area contributed by atoms with Crippen molar-refractivity contribution in [2.75, 3.05) is 25.1 Å².